The van der Waals surface area contributed by atoms with Gasteiger partial charge in [-0.1, -0.05) is 59.6 Å². The fraction of sp³-hybridized carbons (Fsp3) is 0.308. The first-order valence-corrected chi connectivity index (χ1v) is 11.4. The molecule has 1 aliphatic carbocycles. The van der Waals surface area contributed by atoms with Crippen LogP contribution in [-0.2, 0) is 12.8 Å². The van der Waals surface area contributed by atoms with E-state index in [4.69, 9.17) is 28.2 Å². The van der Waals surface area contributed by atoms with Crippen molar-refractivity contribution in [1.29, 1.82) is 5.26 Å². The van der Waals surface area contributed by atoms with E-state index in [1.54, 1.807) is 6.07 Å². The van der Waals surface area contributed by atoms with Crippen LogP contribution in [0.1, 0.15) is 35.2 Å². The zero-order valence-corrected chi connectivity index (χ0v) is 19.0. The highest BCUT2D eigenvalue weighted by atomic mass is 35.5. The predicted octanol–water partition coefficient (Wildman–Crippen LogP) is 6.62. The van der Waals surface area contributed by atoms with Crippen molar-refractivity contribution in [1.82, 2.24) is 4.98 Å². The second-order valence-electron chi connectivity index (χ2n) is 8.81. The van der Waals surface area contributed by atoms with Gasteiger partial charge in [-0.3, -0.25) is 0 Å². The standard InChI is InChI=1S/C26H23Cl2N3/c1-17-24(21-7-4-8-22(27)25(21)28)20(16-29)13-23(30-17)31-11-9-26(10-12-31)14-18-5-2-3-6-19(18)15-26/h2-8,13H,9-12,14-15H2,1H3. The van der Waals surface area contributed by atoms with Gasteiger partial charge in [0.15, 0.2) is 0 Å². The Kier molecular flexibility index (Phi) is 5.16. The van der Waals surface area contributed by atoms with Crippen molar-refractivity contribution in [2.75, 3.05) is 18.0 Å². The van der Waals surface area contributed by atoms with Crippen LogP contribution in [-0.4, -0.2) is 18.1 Å². The van der Waals surface area contributed by atoms with Gasteiger partial charge in [-0.2, -0.15) is 5.26 Å². The molecule has 1 saturated heterocycles. The average Bonchev–Trinajstić information content (AvgIpc) is 3.13. The normalized spacial score (nSPS) is 16.9. The lowest BCUT2D eigenvalue weighted by Crippen LogP contribution is -2.41. The summed E-state index contributed by atoms with van der Waals surface area (Å²) in [5, 5.41) is 10.8. The number of nitrogens with zero attached hydrogens (tertiary/aromatic N) is 3. The molecule has 5 heteroatoms. The summed E-state index contributed by atoms with van der Waals surface area (Å²) in [6, 6.07) is 18.6. The molecule has 1 aromatic heterocycles. The first-order valence-electron chi connectivity index (χ1n) is 10.7. The van der Waals surface area contributed by atoms with Gasteiger partial charge in [0.05, 0.1) is 21.7 Å². The fourth-order valence-electron chi connectivity index (χ4n) is 5.28. The molecule has 0 saturated carbocycles. The first-order chi connectivity index (χ1) is 15.0. The maximum Gasteiger partial charge on any atom is 0.130 e. The van der Waals surface area contributed by atoms with Gasteiger partial charge in [-0.15, -0.1) is 0 Å². The number of hydrogen-bond acceptors (Lipinski definition) is 3. The van der Waals surface area contributed by atoms with Crippen molar-refractivity contribution < 1.29 is 0 Å². The number of aryl methyl sites for hydroxylation is 1. The van der Waals surface area contributed by atoms with Crippen LogP contribution in [0, 0.1) is 23.7 Å². The number of aromatic nitrogens is 1. The van der Waals surface area contributed by atoms with Crippen molar-refractivity contribution >= 4 is 29.0 Å². The third-order valence-electron chi connectivity index (χ3n) is 6.93. The minimum absolute atomic E-state index is 0.377. The van der Waals surface area contributed by atoms with Gasteiger partial charge in [-0.25, -0.2) is 4.98 Å². The molecule has 0 bridgehead atoms. The summed E-state index contributed by atoms with van der Waals surface area (Å²) in [7, 11) is 0. The summed E-state index contributed by atoms with van der Waals surface area (Å²) in [6.45, 7) is 3.86. The van der Waals surface area contributed by atoms with Crippen LogP contribution in [0.2, 0.25) is 10.0 Å². The van der Waals surface area contributed by atoms with Gasteiger partial charge in [0.25, 0.3) is 0 Å². The fourth-order valence-corrected chi connectivity index (χ4v) is 5.67. The SMILES string of the molecule is Cc1nc(N2CCC3(CC2)Cc2ccccc2C3)cc(C#N)c1-c1cccc(Cl)c1Cl. The monoisotopic (exact) mass is 447 g/mol. The molecule has 0 N–H and O–H groups in total. The summed E-state index contributed by atoms with van der Waals surface area (Å²) in [6.07, 6.45) is 4.65. The molecule has 3 nitrogen and oxygen atoms in total. The van der Waals surface area contributed by atoms with Crippen molar-refractivity contribution in [2.24, 2.45) is 5.41 Å². The summed E-state index contributed by atoms with van der Waals surface area (Å²) in [5.74, 6) is 0.876. The lowest BCUT2D eigenvalue weighted by Gasteiger charge is -2.40. The minimum Gasteiger partial charge on any atom is -0.357 e. The Morgan fingerprint density at radius 3 is 2.32 bits per heavy atom. The Labute approximate surface area is 193 Å². The smallest absolute Gasteiger partial charge is 0.130 e. The zero-order valence-electron chi connectivity index (χ0n) is 17.5. The van der Waals surface area contributed by atoms with E-state index in [2.05, 4.69) is 35.2 Å². The summed E-state index contributed by atoms with van der Waals surface area (Å²) >= 11 is 12.7. The number of benzene rings is 2. The third kappa shape index (κ3) is 3.59. The topological polar surface area (TPSA) is 39.9 Å². The van der Waals surface area contributed by atoms with Gasteiger partial charge < -0.3 is 4.90 Å². The molecule has 0 atom stereocenters. The van der Waals surface area contributed by atoms with E-state index in [-0.39, 0.29) is 0 Å². The molecule has 5 rings (SSSR count). The molecule has 0 unspecified atom stereocenters. The largest absolute Gasteiger partial charge is 0.357 e. The van der Waals surface area contributed by atoms with Crippen molar-refractivity contribution in [2.45, 2.75) is 32.6 Å². The molecular weight excluding hydrogens is 425 g/mol. The van der Waals surface area contributed by atoms with Crippen LogP contribution >= 0.6 is 23.2 Å². The van der Waals surface area contributed by atoms with Gasteiger partial charge in [-0.05, 0) is 61.3 Å². The second kappa shape index (κ2) is 7.86. The molecule has 1 aliphatic heterocycles. The van der Waals surface area contributed by atoms with Crippen molar-refractivity contribution in [3.63, 3.8) is 0 Å². The highest BCUT2D eigenvalue weighted by molar-refractivity contribution is 6.43. The molecular formula is C26H23Cl2N3. The van der Waals surface area contributed by atoms with Crippen LogP contribution in [0.3, 0.4) is 0 Å². The summed E-state index contributed by atoms with van der Waals surface area (Å²) in [5.41, 5.74) is 6.30. The first kappa shape index (κ1) is 20.4. The molecule has 2 heterocycles. The van der Waals surface area contributed by atoms with E-state index >= 15 is 0 Å². The Bertz CT molecular complexity index is 1180. The number of anilines is 1. The molecule has 0 radical (unpaired) electrons. The lowest BCUT2D eigenvalue weighted by atomic mass is 9.76. The Balaban J connectivity index is 1.41. The molecule has 1 spiro atoms. The number of rotatable bonds is 2. The minimum atomic E-state index is 0.377. The summed E-state index contributed by atoms with van der Waals surface area (Å²) < 4.78 is 0. The maximum atomic E-state index is 9.88. The molecule has 2 aliphatic rings. The number of halogens is 2. The number of nitriles is 1. The highest BCUT2D eigenvalue weighted by Crippen LogP contribution is 2.45. The predicted molar refractivity (Wildman–Crippen MR) is 127 cm³/mol. The van der Waals surface area contributed by atoms with Crippen LogP contribution in [0.25, 0.3) is 11.1 Å². The third-order valence-corrected chi connectivity index (χ3v) is 7.74. The van der Waals surface area contributed by atoms with Gasteiger partial charge in [0, 0.05) is 29.9 Å². The quantitative estimate of drug-likeness (QED) is 0.442. The van der Waals surface area contributed by atoms with Crippen LogP contribution in [0.15, 0.2) is 48.5 Å². The molecule has 31 heavy (non-hydrogen) atoms. The van der Waals surface area contributed by atoms with E-state index in [0.29, 0.717) is 21.0 Å². The maximum absolute atomic E-state index is 9.88. The number of hydrogen-bond donors (Lipinski definition) is 0. The van der Waals surface area contributed by atoms with E-state index in [1.807, 2.05) is 25.1 Å². The number of pyridine rings is 1. The Morgan fingerprint density at radius 1 is 1.00 bits per heavy atom. The van der Waals surface area contributed by atoms with Crippen LogP contribution < -0.4 is 4.90 Å². The molecule has 156 valence electrons. The van der Waals surface area contributed by atoms with E-state index in [1.165, 1.54) is 24.0 Å². The zero-order chi connectivity index (χ0) is 21.6. The van der Waals surface area contributed by atoms with E-state index in [0.717, 1.165) is 48.6 Å². The van der Waals surface area contributed by atoms with Crippen LogP contribution in [0.5, 0.6) is 0 Å². The van der Waals surface area contributed by atoms with Crippen molar-refractivity contribution in [3.8, 4) is 17.2 Å². The number of fused-ring (bicyclic) bond motifs is 1. The van der Waals surface area contributed by atoms with E-state index < -0.39 is 0 Å². The Morgan fingerprint density at radius 2 is 1.68 bits per heavy atom. The highest BCUT2D eigenvalue weighted by Gasteiger charge is 2.40. The van der Waals surface area contributed by atoms with Crippen LogP contribution in [0.4, 0.5) is 5.82 Å². The molecule has 3 aromatic rings. The van der Waals surface area contributed by atoms with Gasteiger partial charge >= 0.3 is 0 Å². The van der Waals surface area contributed by atoms with E-state index in [9.17, 15) is 5.26 Å². The Hall–Kier alpha value is -2.54. The molecule has 1 fully saturated rings. The van der Waals surface area contributed by atoms with Gasteiger partial charge in [0.1, 0.15) is 5.82 Å². The molecule has 2 aromatic carbocycles. The summed E-state index contributed by atoms with van der Waals surface area (Å²) in [4.78, 5) is 7.21. The van der Waals surface area contributed by atoms with Crippen molar-refractivity contribution in [3.05, 3.63) is 81.0 Å². The molecule has 0 amide bonds. The lowest BCUT2D eigenvalue weighted by molar-refractivity contribution is 0.232. The second-order valence-corrected chi connectivity index (χ2v) is 9.60. The average molecular weight is 448 g/mol. The van der Waals surface area contributed by atoms with Gasteiger partial charge in [0.2, 0.25) is 0 Å². The number of piperidine rings is 1.